The molecule has 4 nitrogen and oxygen atoms in total. The third-order valence-electron chi connectivity index (χ3n) is 3.81. The Morgan fingerprint density at radius 1 is 1.47 bits per heavy atom. The van der Waals surface area contributed by atoms with Gasteiger partial charge in [0, 0.05) is 25.3 Å². The van der Waals surface area contributed by atoms with E-state index >= 15 is 0 Å². The number of hydrogen-bond donors (Lipinski definition) is 1. The number of nitrogens with zero attached hydrogens (tertiary/aromatic N) is 1. The van der Waals surface area contributed by atoms with Crippen molar-refractivity contribution in [2.75, 3.05) is 18.1 Å². The van der Waals surface area contributed by atoms with Gasteiger partial charge in [0.25, 0.3) is 5.91 Å². The van der Waals surface area contributed by atoms with Crippen LogP contribution in [0.1, 0.15) is 13.3 Å². The number of carbonyl (C=O) groups excluding carboxylic acids is 1. The van der Waals surface area contributed by atoms with Crippen LogP contribution < -0.4 is 10.2 Å². The molecule has 3 saturated heterocycles. The number of piperidine rings is 2. The molecule has 3 heterocycles. The topological polar surface area (TPSA) is 41.6 Å². The molecule has 3 aliphatic heterocycles. The fourth-order valence-corrected chi connectivity index (χ4v) is 3.25. The van der Waals surface area contributed by atoms with Crippen LogP contribution in [0.5, 0.6) is 0 Å². The van der Waals surface area contributed by atoms with Gasteiger partial charge in [-0.15, -0.1) is 0 Å². The van der Waals surface area contributed by atoms with E-state index in [4.69, 9.17) is 16.3 Å². The van der Waals surface area contributed by atoms with E-state index in [0.29, 0.717) is 19.6 Å². The van der Waals surface area contributed by atoms with E-state index in [-0.39, 0.29) is 18.1 Å². The Kier molecular flexibility index (Phi) is 3.25. The van der Waals surface area contributed by atoms with Gasteiger partial charge in [-0.05, 0) is 19.1 Å². The number of para-hydroxylation sites is 1. The fourth-order valence-electron chi connectivity index (χ4n) is 2.93. The van der Waals surface area contributed by atoms with Crippen LogP contribution in [0, 0.1) is 0 Å². The summed E-state index contributed by atoms with van der Waals surface area (Å²) in [4.78, 5) is 13.3. The first-order valence-electron chi connectivity index (χ1n) is 6.60. The summed E-state index contributed by atoms with van der Waals surface area (Å²) in [5.74, 6) is -0.0763. The number of rotatable bonds is 3. The number of carbonyl (C=O) groups is 1. The van der Waals surface area contributed by atoms with Crippen LogP contribution >= 0.6 is 11.6 Å². The maximum atomic E-state index is 12.5. The zero-order valence-electron chi connectivity index (χ0n) is 10.8. The molecule has 102 valence electrons. The molecule has 5 heteroatoms. The molecule has 3 atom stereocenters. The molecule has 0 aliphatic carbocycles. The summed E-state index contributed by atoms with van der Waals surface area (Å²) >= 11 is 6.44. The van der Waals surface area contributed by atoms with E-state index < -0.39 is 5.00 Å². The zero-order valence-corrected chi connectivity index (χ0v) is 11.6. The van der Waals surface area contributed by atoms with E-state index in [0.717, 1.165) is 5.69 Å². The molecule has 1 amide bonds. The normalized spacial score (nSPS) is 33.8. The van der Waals surface area contributed by atoms with Gasteiger partial charge in [-0.1, -0.05) is 29.8 Å². The summed E-state index contributed by atoms with van der Waals surface area (Å²) in [7, 11) is 0. The van der Waals surface area contributed by atoms with Crippen molar-refractivity contribution in [3.05, 3.63) is 30.3 Å². The summed E-state index contributed by atoms with van der Waals surface area (Å²) < 4.78 is 5.76. The molecule has 2 bridgehead atoms. The lowest BCUT2D eigenvalue weighted by Gasteiger charge is -2.52. The van der Waals surface area contributed by atoms with Crippen LogP contribution in [0.2, 0.25) is 0 Å². The van der Waals surface area contributed by atoms with Gasteiger partial charge in [0.2, 0.25) is 0 Å². The van der Waals surface area contributed by atoms with Crippen LogP contribution in [0.25, 0.3) is 0 Å². The Morgan fingerprint density at radius 3 is 2.89 bits per heavy atom. The average Bonchev–Trinajstić information content (AvgIpc) is 2.42. The van der Waals surface area contributed by atoms with Gasteiger partial charge in [0.15, 0.2) is 5.00 Å². The number of nitrogens with one attached hydrogen (secondary N) is 1. The average molecular weight is 281 g/mol. The molecule has 0 aromatic heterocycles. The molecule has 0 unspecified atom stereocenters. The molecule has 0 radical (unpaired) electrons. The highest BCUT2D eigenvalue weighted by Crippen LogP contribution is 2.38. The number of amides is 1. The van der Waals surface area contributed by atoms with E-state index in [1.165, 1.54) is 0 Å². The Bertz CT molecular complexity index is 482. The lowest BCUT2D eigenvalue weighted by Crippen LogP contribution is -2.75. The summed E-state index contributed by atoms with van der Waals surface area (Å²) in [6, 6.07) is 9.66. The Balaban J connectivity index is 1.97. The highest BCUT2D eigenvalue weighted by atomic mass is 35.5. The molecular weight excluding hydrogens is 264 g/mol. The maximum Gasteiger partial charge on any atom is 0.263 e. The number of hydrogen-bond acceptors (Lipinski definition) is 3. The predicted octanol–water partition coefficient (Wildman–Crippen LogP) is 1.74. The summed E-state index contributed by atoms with van der Waals surface area (Å²) in [6.45, 7) is 3.26. The predicted molar refractivity (Wildman–Crippen MR) is 74.3 cm³/mol. The first-order chi connectivity index (χ1) is 9.15. The molecule has 0 spiro atoms. The first-order valence-corrected chi connectivity index (χ1v) is 6.98. The second-order valence-electron chi connectivity index (χ2n) is 4.96. The summed E-state index contributed by atoms with van der Waals surface area (Å²) in [5.41, 5.74) is 0.883. The van der Waals surface area contributed by atoms with Crippen molar-refractivity contribution in [3.63, 3.8) is 0 Å². The monoisotopic (exact) mass is 280 g/mol. The van der Waals surface area contributed by atoms with Gasteiger partial charge >= 0.3 is 0 Å². The van der Waals surface area contributed by atoms with Crippen molar-refractivity contribution >= 4 is 23.2 Å². The summed E-state index contributed by atoms with van der Waals surface area (Å²) in [5, 5.41) is 3.13. The lowest BCUT2D eigenvalue weighted by atomic mass is 9.88. The second-order valence-corrected chi connectivity index (χ2v) is 5.60. The largest absolute Gasteiger partial charge is 0.376 e. The maximum absolute atomic E-state index is 12.5. The Labute approximate surface area is 117 Å². The van der Waals surface area contributed by atoms with Crippen molar-refractivity contribution < 1.29 is 9.53 Å². The van der Waals surface area contributed by atoms with E-state index in [9.17, 15) is 4.79 Å². The van der Waals surface area contributed by atoms with Gasteiger partial charge in [0.05, 0.1) is 12.1 Å². The first kappa shape index (κ1) is 12.9. The number of anilines is 1. The molecule has 1 aromatic carbocycles. The Morgan fingerprint density at radius 2 is 2.21 bits per heavy atom. The van der Waals surface area contributed by atoms with Crippen LogP contribution in [0.3, 0.4) is 0 Å². The van der Waals surface area contributed by atoms with E-state index in [2.05, 4.69) is 5.32 Å². The van der Waals surface area contributed by atoms with Crippen molar-refractivity contribution in [2.45, 2.75) is 30.5 Å². The quantitative estimate of drug-likeness (QED) is 0.677. The molecule has 0 saturated carbocycles. The number of alkyl halides is 1. The number of fused-ring (bicyclic) bond motifs is 3. The molecular formula is C14H17ClN2O2. The number of benzene rings is 1. The minimum Gasteiger partial charge on any atom is -0.376 e. The van der Waals surface area contributed by atoms with Crippen molar-refractivity contribution in [3.8, 4) is 0 Å². The lowest BCUT2D eigenvalue weighted by molar-refractivity contribution is -0.131. The molecule has 4 rings (SSSR count). The standard InChI is InChI=1S/C14H17ClN2O2/c1-2-19-12-8-14(15)13(18)17(11(12)9-16-14)10-6-4-3-5-7-10/h3-7,11-12,16H,2,8-9H2,1H3/t11-,12-,14+/m0/s1. The van der Waals surface area contributed by atoms with Gasteiger partial charge < -0.3 is 9.64 Å². The molecule has 1 N–H and O–H groups in total. The minimum absolute atomic E-state index is 0.00970. The SMILES string of the molecule is CCO[C@H]1C[C@@]2(Cl)NC[C@@H]1N(c1ccccc1)C2=O. The minimum atomic E-state index is -1.02. The van der Waals surface area contributed by atoms with E-state index in [1.54, 1.807) is 4.90 Å². The van der Waals surface area contributed by atoms with Crippen LogP contribution in [-0.2, 0) is 9.53 Å². The van der Waals surface area contributed by atoms with Crippen LogP contribution in [0.15, 0.2) is 30.3 Å². The van der Waals surface area contributed by atoms with Crippen molar-refractivity contribution in [1.29, 1.82) is 0 Å². The Hall–Kier alpha value is -1.10. The summed E-state index contributed by atoms with van der Waals surface area (Å²) in [6.07, 6.45) is 0.511. The highest BCUT2D eigenvalue weighted by Gasteiger charge is 2.56. The van der Waals surface area contributed by atoms with Crippen molar-refractivity contribution in [1.82, 2.24) is 5.32 Å². The zero-order chi connectivity index (χ0) is 13.5. The third-order valence-corrected chi connectivity index (χ3v) is 4.26. The number of ether oxygens (including phenoxy) is 1. The van der Waals surface area contributed by atoms with Crippen molar-refractivity contribution in [2.24, 2.45) is 0 Å². The molecule has 3 fully saturated rings. The smallest absolute Gasteiger partial charge is 0.263 e. The van der Waals surface area contributed by atoms with Gasteiger partial charge in [0.1, 0.15) is 0 Å². The molecule has 3 aliphatic rings. The number of piperazine rings is 1. The second kappa shape index (κ2) is 4.78. The van der Waals surface area contributed by atoms with Crippen LogP contribution in [0.4, 0.5) is 5.69 Å². The van der Waals surface area contributed by atoms with Gasteiger partial charge in [-0.2, -0.15) is 0 Å². The molecule has 1 aromatic rings. The highest BCUT2D eigenvalue weighted by molar-refractivity contribution is 6.37. The number of halogens is 1. The van der Waals surface area contributed by atoms with Crippen LogP contribution in [-0.4, -0.2) is 36.2 Å². The molecule has 19 heavy (non-hydrogen) atoms. The van der Waals surface area contributed by atoms with Gasteiger partial charge in [-0.25, -0.2) is 0 Å². The fraction of sp³-hybridized carbons (Fsp3) is 0.500. The van der Waals surface area contributed by atoms with Gasteiger partial charge in [-0.3, -0.25) is 10.1 Å². The third kappa shape index (κ3) is 2.04. The van der Waals surface area contributed by atoms with E-state index in [1.807, 2.05) is 37.3 Å².